The molecule has 9 nitrogen and oxygen atoms in total. The van der Waals surface area contributed by atoms with Gasteiger partial charge in [0.25, 0.3) is 0 Å². The summed E-state index contributed by atoms with van der Waals surface area (Å²) in [6.07, 6.45) is 2.40. The van der Waals surface area contributed by atoms with Crippen molar-refractivity contribution in [3.05, 3.63) is 63.3 Å². The highest BCUT2D eigenvalue weighted by Crippen LogP contribution is 2.50. The average molecular weight is 467 g/mol. The Morgan fingerprint density at radius 1 is 1.09 bits per heavy atom. The van der Waals surface area contributed by atoms with Gasteiger partial charge in [-0.15, -0.1) is 0 Å². The van der Waals surface area contributed by atoms with E-state index < -0.39 is 18.0 Å². The Morgan fingerprint density at radius 3 is 2.41 bits per heavy atom. The number of amides is 1. The molecule has 1 unspecified atom stereocenters. The maximum Gasteiger partial charge on any atom is 0.336 e. The highest BCUT2D eigenvalue weighted by Gasteiger charge is 2.29. The first-order valence-electron chi connectivity index (χ1n) is 10.5. The summed E-state index contributed by atoms with van der Waals surface area (Å²) >= 11 is 0. The minimum absolute atomic E-state index is 0.0543. The quantitative estimate of drug-likeness (QED) is 0.377. The van der Waals surface area contributed by atoms with Gasteiger partial charge in [0.05, 0.1) is 20.3 Å². The highest BCUT2D eigenvalue weighted by molar-refractivity contribution is 5.92. The first kappa shape index (κ1) is 24.5. The zero-order chi connectivity index (χ0) is 25.0. The van der Waals surface area contributed by atoms with Crippen LogP contribution in [-0.2, 0) is 20.8 Å². The molecule has 34 heavy (non-hydrogen) atoms. The average Bonchev–Trinajstić information content (AvgIpc) is 3.01. The van der Waals surface area contributed by atoms with E-state index in [0.29, 0.717) is 41.2 Å². The molecule has 0 radical (unpaired) electrons. The number of hydrogen-bond acceptors (Lipinski definition) is 7. The number of rotatable bonds is 6. The summed E-state index contributed by atoms with van der Waals surface area (Å²) in [5.74, 6) is -1.95. The van der Waals surface area contributed by atoms with Crippen LogP contribution in [0.3, 0.4) is 0 Å². The van der Waals surface area contributed by atoms with Gasteiger partial charge in [0.1, 0.15) is 0 Å². The first-order chi connectivity index (χ1) is 16.2. The van der Waals surface area contributed by atoms with Gasteiger partial charge in [-0.25, -0.2) is 9.59 Å². The first-order valence-corrected chi connectivity index (χ1v) is 10.5. The third-order valence-electron chi connectivity index (χ3n) is 5.48. The van der Waals surface area contributed by atoms with Crippen molar-refractivity contribution >= 4 is 17.8 Å². The Labute approximate surface area is 196 Å². The number of carbonyl (C=O) groups is 3. The summed E-state index contributed by atoms with van der Waals surface area (Å²) in [6, 6.07) is 6.23. The highest BCUT2D eigenvalue weighted by atomic mass is 16.6. The molecule has 3 rings (SSSR count). The second-order valence-electron chi connectivity index (χ2n) is 7.75. The topological polar surface area (TPSA) is 128 Å². The summed E-state index contributed by atoms with van der Waals surface area (Å²) in [4.78, 5) is 47.4. The van der Waals surface area contributed by atoms with Gasteiger partial charge in [0.2, 0.25) is 11.7 Å². The summed E-state index contributed by atoms with van der Waals surface area (Å²) in [6.45, 7) is 3.12. The molecule has 0 aliphatic heterocycles. The minimum atomic E-state index is -1.29. The van der Waals surface area contributed by atoms with Crippen LogP contribution in [0.5, 0.6) is 17.2 Å². The lowest BCUT2D eigenvalue weighted by Crippen LogP contribution is -2.26. The van der Waals surface area contributed by atoms with E-state index in [1.807, 2.05) is 0 Å². The molecule has 9 heteroatoms. The second-order valence-corrected chi connectivity index (χ2v) is 7.75. The van der Waals surface area contributed by atoms with Crippen LogP contribution >= 0.6 is 0 Å². The summed E-state index contributed by atoms with van der Waals surface area (Å²) < 4.78 is 16.5. The van der Waals surface area contributed by atoms with Crippen LogP contribution < -0.4 is 25.0 Å². The van der Waals surface area contributed by atoms with Crippen LogP contribution in [0.25, 0.3) is 11.1 Å². The fourth-order valence-corrected chi connectivity index (χ4v) is 3.99. The predicted molar refractivity (Wildman–Crippen MR) is 123 cm³/mol. The monoisotopic (exact) mass is 467 g/mol. The second kappa shape index (κ2) is 10.2. The number of carboxylic acids is 1. The van der Waals surface area contributed by atoms with Gasteiger partial charge in [-0.05, 0) is 54.2 Å². The number of ether oxygens (including phenoxy) is 3. The summed E-state index contributed by atoms with van der Waals surface area (Å²) in [5.41, 5.74) is 3.09. The lowest BCUT2D eigenvalue weighted by atomic mass is 9.95. The lowest BCUT2D eigenvalue weighted by molar-refractivity contribution is -0.133. The number of hydrogen-bond donors (Lipinski definition) is 2. The largest absolute Gasteiger partial charge is 0.492 e. The van der Waals surface area contributed by atoms with E-state index in [2.05, 4.69) is 5.32 Å². The van der Waals surface area contributed by atoms with Crippen LogP contribution in [-0.4, -0.2) is 37.2 Å². The molecule has 0 fully saturated rings. The number of nitrogens with one attached hydrogen (secondary N) is 1. The van der Waals surface area contributed by atoms with E-state index in [9.17, 15) is 19.2 Å². The van der Waals surface area contributed by atoms with E-state index in [1.165, 1.54) is 27.2 Å². The van der Waals surface area contributed by atoms with Crippen molar-refractivity contribution in [1.82, 2.24) is 5.32 Å². The van der Waals surface area contributed by atoms with Gasteiger partial charge in [-0.2, -0.15) is 0 Å². The number of fused-ring (bicyclic) bond motifs is 3. The standard InChI is InChI=1S/C25H25NO8/c1-13-5-7-16-17(12-19(13)28)18(26-14(2)27)8-6-15-11-20(34-22(31)10-9-21(29)30)24(32-3)25(33-4)23(15)16/h5,7,9-12,18H,6,8H2,1-4H3,(H,26,27)(H,29,30). The number of carbonyl (C=O) groups excluding carboxylic acids is 2. The van der Waals surface area contributed by atoms with Gasteiger partial charge < -0.3 is 24.6 Å². The van der Waals surface area contributed by atoms with Crippen LogP contribution in [0.15, 0.2) is 41.2 Å². The van der Waals surface area contributed by atoms with E-state index in [1.54, 1.807) is 25.1 Å². The Hall–Kier alpha value is -4.14. The molecule has 2 aromatic carbocycles. The maximum atomic E-state index is 12.6. The van der Waals surface area contributed by atoms with Crippen molar-refractivity contribution in [2.75, 3.05) is 14.2 Å². The molecular weight excluding hydrogens is 442 g/mol. The Balaban J connectivity index is 2.28. The smallest absolute Gasteiger partial charge is 0.336 e. The molecule has 178 valence electrons. The zero-order valence-electron chi connectivity index (χ0n) is 19.3. The molecule has 0 heterocycles. The maximum absolute atomic E-state index is 12.6. The molecule has 1 atom stereocenters. The van der Waals surface area contributed by atoms with E-state index in [-0.39, 0.29) is 28.6 Å². The van der Waals surface area contributed by atoms with Crippen molar-refractivity contribution < 1.29 is 33.7 Å². The van der Waals surface area contributed by atoms with E-state index >= 15 is 0 Å². The molecule has 0 saturated carbocycles. The molecule has 1 amide bonds. The Kier molecular flexibility index (Phi) is 7.35. The number of carboxylic acid groups (broad SMARTS) is 1. The number of benzene rings is 1. The van der Waals surface area contributed by atoms with Crippen molar-refractivity contribution in [3.8, 4) is 28.4 Å². The zero-order valence-corrected chi connectivity index (χ0v) is 19.3. The molecule has 1 aliphatic carbocycles. The third-order valence-corrected chi connectivity index (χ3v) is 5.48. The SMILES string of the molecule is COc1c(OC(=O)C=CC(=O)O)cc2c(c1OC)-c1ccc(C)c(=O)cc1C(NC(C)=O)CC2. The van der Waals surface area contributed by atoms with Crippen LogP contribution in [0, 0.1) is 6.92 Å². The molecule has 2 aromatic rings. The summed E-state index contributed by atoms with van der Waals surface area (Å²) in [7, 11) is 2.83. The van der Waals surface area contributed by atoms with Gasteiger partial charge >= 0.3 is 11.9 Å². The van der Waals surface area contributed by atoms with Gasteiger partial charge in [0.15, 0.2) is 16.9 Å². The molecule has 0 bridgehead atoms. The van der Waals surface area contributed by atoms with E-state index in [0.717, 1.165) is 11.6 Å². The van der Waals surface area contributed by atoms with Crippen LogP contribution in [0.4, 0.5) is 0 Å². The van der Waals surface area contributed by atoms with Crippen molar-refractivity contribution in [1.29, 1.82) is 0 Å². The predicted octanol–water partition coefficient (Wildman–Crippen LogP) is 2.71. The lowest BCUT2D eigenvalue weighted by Gasteiger charge is -2.19. The fourth-order valence-electron chi connectivity index (χ4n) is 3.99. The number of methoxy groups -OCH3 is 2. The molecule has 0 saturated heterocycles. The van der Waals surface area contributed by atoms with Gasteiger partial charge in [-0.3, -0.25) is 9.59 Å². The number of aryl methyl sites for hydroxylation is 2. The molecule has 0 spiro atoms. The molecule has 2 N–H and O–H groups in total. The van der Waals surface area contributed by atoms with Gasteiger partial charge in [-0.1, -0.05) is 12.1 Å². The molecule has 0 aromatic heterocycles. The van der Waals surface area contributed by atoms with Gasteiger partial charge in [0, 0.05) is 24.6 Å². The number of aliphatic carboxylic acids is 1. The van der Waals surface area contributed by atoms with E-state index in [4.69, 9.17) is 19.3 Å². The van der Waals surface area contributed by atoms with Crippen LogP contribution in [0.2, 0.25) is 0 Å². The fraction of sp³-hybridized carbons (Fsp3) is 0.280. The number of esters is 1. The summed E-state index contributed by atoms with van der Waals surface area (Å²) in [5, 5.41) is 11.7. The Bertz CT molecular complexity index is 1250. The molecular formula is C25H25NO8. The van der Waals surface area contributed by atoms with Crippen molar-refractivity contribution in [3.63, 3.8) is 0 Å². The van der Waals surface area contributed by atoms with Crippen molar-refractivity contribution in [2.24, 2.45) is 0 Å². The minimum Gasteiger partial charge on any atom is -0.492 e. The Morgan fingerprint density at radius 2 is 1.79 bits per heavy atom. The van der Waals surface area contributed by atoms with Crippen molar-refractivity contribution in [2.45, 2.75) is 32.7 Å². The third kappa shape index (κ3) is 5.09. The van der Waals surface area contributed by atoms with Crippen LogP contribution in [0.1, 0.15) is 36.1 Å². The normalized spacial score (nSPS) is 14.4. The molecule has 1 aliphatic rings.